The topological polar surface area (TPSA) is 89.4 Å². The van der Waals surface area contributed by atoms with E-state index in [0.717, 1.165) is 6.42 Å². The lowest BCUT2D eigenvalue weighted by Gasteiger charge is -2.15. The van der Waals surface area contributed by atoms with Crippen LogP contribution in [0.1, 0.15) is 13.3 Å². The predicted molar refractivity (Wildman–Crippen MR) is 46.4 cm³/mol. The molecular weight excluding hydrogens is 178 g/mol. The Balaban J connectivity index is 2.58. The summed E-state index contributed by atoms with van der Waals surface area (Å²) in [5.74, 6) is 0.253. The van der Waals surface area contributed by atoms with E-state index >= 15 is 0 Å². The Bertz CT molecular complexity index is 250. The van der Waals surface area contributed by atoms with Gasteiger partial charge in [0.05, 0.1) is 0 Å². The van der Waals surface area contributed by atoms with E-state index in [0.29, 0.717) is 13.1 Å². The van der Waals surface area contributed by atoms with Crippen LogP contribution in [0.3, 0.4) is 0 Å². The zero-order chi connectivity index (χ0) is 9.35. The van der Waals surface area contributed by atoms with Crippen molar-refractivity contribution >= 4 is 10.2 Å². The molecule has 0 radical (unpaired) electrons. The molecular formula is C6H15N3O2S. The molecule has 12 heavy (non-hydrogen) atoms. The summed E-state index contributed by atoms with van der Waals surface area (Å²) in [4.78, 5) is 0. The lowest BCUT2D eigenvalue weighted by molar-refractivity contribution is 0.429. The highest BCUT2D eigenvalue weighted by molar-refractivity contribution is 7.86. The van der Waals surface area contributed by atoms with E-state index in [2.05, 4.69) is 0 Å². The molecule has 0 spiro atoms. The molecule has 72 valence electrons. The lowest BCUT2D eigenvalue weighted by Crippen LogP contribution is -2.36. The fourth-order valence-electron chi connectivity index (χ4n) is 1.41. The van der Waals surface area contributed by atoms with Crippen LogP contribution in [0.5, 0.6) is 0 Å². The van der Waals surface area contributed by atoms with Gasteiger partial charge in [-0.25, -0.2) is 5.14 Å². The van der Waals surface area contributed by atoms with Gasteiger partial charge < -0.3 is 5.73 Å². The van der Waals surface area contributed by atoms with Gasteiger partial charge in [0.2, 0.25) is 0 Å². The van der Waals surface area contributed by atoms with Gasteiger partial charge in [-0.1, -0.05) is 0 Å². The highest BCUT2D eigenvalue weighted by atomic mass is 32.2. The van der Waals surface area contributed by atoms with Crippen molar-refractivity contribution in [3.63, 3.8) is 0 Å². The summed E-state index contributed by atoms with van der Waals surface area (Å²) in [6.45, 7) is 2.86. The van der Waals surface area contributed by atoms with Crippen LogP contribution in [-0.4, -0.2) is 31.9 Å². The van der Waals surface area contributed by atoms with E-state index in [-0.39, 0.29) is 12.0 Å². The fraction of sp³-hybridized carbons (Fsp3) is 1.00. The van der Waals surface area contributed by atoms with Crippen molar-refractivity contribution in [3.05, 3.63) is 0 Å². The summed E-state index contributed by atoms with van der Waals surface area (Å²) in [5, 5.41) is 4.96. The number of hydrogen-bond donors (Lipinski definition) is 2. The number of nitrogens with zero attached hydrogens (tertiary/aromatic N) is 1. The molecule has 1 aliphatic heterocycles. The van der Waals surface area contributed by atoms with Gasteiger partial charge >= 0.3 is 0 Å². The SMILES string of the molecule is CC(N)C1CCN(S(N)(=O)=O)C1. The Labute approximate surface area is 72.9 Å². The van der Waals surface area contributed by atoms with E-state index in [1.165, 1.54) is 4.31 Å². The fourth-order valence-corrected chi connectivity index (χ4v) is 2.17. The van der Waals surface area contributed by atoms with Crippen molar-refractivity contribution in [1.82, 2.24) is 4.31 Å². The maximum atomic E-state index is 10.9. The molecule has 0 aromatic carbocycles. The molecule has 1 fully saturated rings. The highest BCUT2D eigenvalue weighted by Gasteiger charge is 2.30. The summed E-state index contributed by atoms with van der Waals surface area (Å²) >= 11 is 0. The molecule has 1 aliphatic rings. The summed E-state index contributed by atoms with van der Waals surface area (Å²) in [6, 6.07) is 0.0387. The maximum absolute atomic E-state index is 10.9. The van der Waals surface area contributed by atoms with Crippen molar-refractivity contribution in [2.75, 3.05) is 13.1 Å². The van der Waals surface area contributed by atoms with Gasteiger partial charge in [-0.15, -0.1) is 0 Å². The van der Waals surface area contributed by atoms with Gasteiger partial charge in [0.25, 0.3) is 10.2 Å². The summed E-state index contributed by atoms with van der Waals surface area (Å²) < 4.78 is 23.0. The molecule has 2 atom stereocenters. The second-order valence-electron chi connectivity index (χ2n) is 3.31. The molecule has 0 aromatic heterocycles. The first kappa shape index (κ1) is 9.91. The van der Waals surface area contributed by atoms with E-state index in [4.69, 9.17) is 10.9 Å². The Hall–Kier alpha value is -0.170. The largest absolute Gasteiger partial charge is 0.328 e. The average Bonchev–Trinajstić information content (AvgIpc) is 2.30. The standard InChI is InChI=1S/C6H15N3O2S/c1-5(7)6-2-3-9(4-6)12(8,10)11/h5-6H,2-4,7H2,1H3,(H2,8,10,11). The molecule has 0 saturated carbocycles. The van der Waals surface area contributed by atoms with Gasteiger partial charge in [0.15, 0.2) is 0 Å². The second kappa shape index (κ2) is 3.29. The van der Waals surface area contributed by atoms with E-state index < -0.39 is 10.2 Å². The molecule has 1 rings (SSSR count). The van der Waals surface area contributed by atoms with Crippen molar-refractivity contribution in [2.45, 2.75) is 19.4 Å². The Kier molecular flexibility index (Phi) is 2.72. The summed E-state index contributed by atoms with van der Waals surface area (Å²) in [7, 11) is -3.49. The third-order valence-corrected chi connectivity index (χ3v) is 3.34. The van der Waals surface area contributed by atoms with Crippen molar-refractivity contribution in [3.8, 4) is 0 Å². The summed E-state index contributed by atoms with van der Waals surface area (Å²) in [5.41, 5.74) is 5.64. The zero-order valence-electron chi connectivity index (χ0n) is 7.10. The molecule has 0 aromatic rings. The molecule has 1 saturated heterocycles. The molecule has 0 bridgehead atoms. The minimum absolute atomic E-state index is 0.0387. The quantitative estimate of drug-likeness (QED) is 0.581. The van der Waals surface area contributed by atoms with Crippen LogP contribution in [0.25, 0.3) is 0 Å². The van der Waals surface area contributed by atoms with Gasteiger partial charge in [-0.2, -0.15) is 12.7 Å². The molecule has 4 N–H and O–H groups in total. The van der Waals surface area contributed by atoms with Crippen LogP contribution in [0, 0.1) is 5.92 Å². The number of hydrogen-bond acceptors (Lipinski definition) is 3. The monoisotopic (exact) mass is 193 g/mol. The van der Waals surface area contributed by atoms with E-state index in [9.17, 15) is 8.42 Å². The van der Waals surface area contributed by atoms with Crippen molar-refractivity contribution in [2.24, 2.45) is 16.8 Å². The third kappa shape index (κ3) is 2.16. The smallest absolute Gasteiger partial charge is 0.276 e. The molecule has 0 aliphatic carbocycles. The Morgan fingerprint density at radius 2 is 2.17 bits per heavy atom. The first-order valence-electron chi connectivity index (χ1n) is 3.94. The Morgan fingerprint density at radius 1 is 1.58 bits per heavy atom. The van der Waals surface area contributed by atoms with Crippen LogP contribution < -0.4 is 10.9 Å². The third-order valence-electron chi connectivity index (χ3n) is 2.29. The van der Waals surface area contributed by atoms with Gasteiger partial charge in [-0.05, 0) is 19.3 Å². The molecule has 0 amide bonds. The summed E-state index contributed by atoms with van der Waals surface area (Å²) in [6.07, 6.45) is 0.814. The van der Waals surface area contributed by atoms with Gasteiger partial charge in [0, 0.05) is 19.1 Å². The van der Waals surface area contributed by atoms with E-state index in [1.807, 2.05) is 6.92 Å². The van der Waals surface area contributed by atoms with Crippen LogP contribution in [0.15, 0.2) is 0 Å². The maximum Gasteiger partial charge on any atom is 0.276 e. The lowest BCUT2D eigenvalue weighted by atomic mass is 10.0. The minimum atomic E-state index is -3.49. The molecule has 1 heterocycles. The van der Waals surface area contributed by atoms with Crippen LogP contribution in [-0.2, 0) is 10.2 Å². The molecule has 2 unspecified atom stereocenters. The zero-order valence-corrected chi connectivity index (χ0v) is 7.92. The molecule has 5 nitrogen and oxygen atoms in total. The first-order valence-corrected chi connectivity index (χ1v) is 5.45. The highest BCUT2D eigenvalue weighted by Crippen LogP contribution is 2.19. The van der Waals surface area contributed by atoms with Crippen LogP contribution in [0.4, 0.5) is 0 Å². The van der Waals surface area contributed by atoms with Crippen LogP contribution >= 0.6 is 0 Å². The van der Waals surface area contributed by atoms with Gasteiger partial charge in [0.1, 0.15) is 0 Å². The normalized spacial score (nSPS) is 29.1. The Morgan fingerprint density at radius 3 is 2.42 bits per heavy atom. The molecule has 6 heteroatoms. The second-order valence-corrected chi connectivity index (χ2v) is 4.86. The van der Waals surface area contributed by atoms with Gasteiger partial charge in [-0.3, -0.25) is 0 Å². The average molecular weight is 193 g/mol. The van der Waals surface area contributed by atoms with E-state index in [1.54, 1.807) is 0 Å². The van der Waals surface area contributed by atoms with Crippen LogP contribution in [0.2, 0.25) is 0 Å². The number of rotatable bonds is 2. The first-order chi connectivity index (χ1) is 5.41. The number of nitrogens with two attached hydrogens (primary N) is 2. The minimum Gasteiger partial charge on any atom is -0.328 e. The van der Waals surface area contributed by atoms with Crippen molar-refractivity contribution < 1.29 is 8.42 Å². The predicted octanol–water partition coefficient (Wildman–Crippen LogP) is -1.14. The van der Waals surface area contributed by atoms with Crippen molar-refractivity contribution in [1.29, 1.82) is 0 Å².